The van der Waals surface area contributed by atoms with E-state index in [4.69, 9.17) is 16.3 Å². The van der Waals surface area contributed by atoms with Gasteiger partial charge in [-0.05, 0) is 49.9 Å². The fraction of sp³-hybridized carbons (Fsp3) is 0.538. The second-order valence-corrected chi connectivity index (χ2v) is 4.57. The molecule has 0 amide bonds. The molecule has 1 aromatic carbocycles. The SMILES string of the molecule is CCOc1cc(C2CCCNC2)ccc1Cl. The zero-order valence-corrected chi connectivity index (χ0v) is 10.4. The molecule has 0 spiro atoms. The van der Waals surface area contributed by atoms with Gasteiger partial charge < -0.3 is 10.1 Å². The van der Waals surface area contributed by atoms with E-state index in [-0.39, 0.29) is 0 Å². The van der Waals surface area contributed by atoms with Gasteiger partial charge in [-0.2, -0.15) is 0 Å². The number of benzene rings is 1. The summed E-state index contributed by atoms with van der Waals surface area (Å²) in [5.41, 5.74) is 1.33. The van der Waals surface area contributed by atoms with Crippen LogP contribution in [0.3, 0.4) is 0 Å². The molecule has 16 heavy (non-hydrogen) atoms. The number of hydrogen-bond acceptors (Lipinski definition) is 2. The fourth-order valence-electron chi connectivity index (χ4n) is 2.18. The Balaban J connectivity index is 2.17. The quantitative estimate of drug-likeness (QED) is 0.875. The molecule has 1 aliphatic rings. The molecular weight excluding hydrogens is 222 g/mol. The summed E-state index contributed by atoms with van der Waals surface area (Å²) >= 11 is 6.07. The van der Waals surface area contributed by atoms with Gasteiger partial charge in [0.25, 0.3) is 0 Å². The van der Waals surface area contributed by atoms with Crippen molar-refractivity contribution in [3.8, 4) is 5.75 Å². The lowest BCUT2D eigenvalue weighted by molar-refractivity contribution is 0.339. The van der Waals surface area contributed by atoms with Crippen LogP contribution in [-0.2, 0) is 0 Å². The maximum absolute atomic E-state index is 6.07. The zero-order chi connectivity index (χ0) is 11.4. The van der Waals surface area contributed by atoms with E-state index >= 15 is 0 Å². The number of halogens is 1. The molecule has 2 nitrogen and oxygen atoms in total. The molecule has 1 atom stereocenters. The summed E-state index contributed by atoms with van der Waals surface area (Å²) in [6.07, 6.45) is 2.50. The molecule has 0 bridgehead atoms. The van der Waals surface area contributed by atoms with E-state index < -0.39 is 0 Å². The van der Waals surface area contributed by atoms with Gasteiger partial charge in [0.2, 0.25) is 0 Å². The van der Waals surface area contributed by atoms with Crippen molar-refractivity contribution in [2.45, 2.75) is 25.7 Å². The molecule has 1 saturated heterocycles. The van der Waals surface area contributed by atoms with Crippen LogP contribution in [0.15, 0.2) is 18.2 Å². The third kappa shape index (κ3) is 2.69. The highest BCUT2D eigenvalue weighted by Gasteiger charge is 2.16. The highest BCUT2D eigenvalue weighted by atomic mass is 35.5. The summed E-state index contributed by atoms with van der Waals surface area (Å²) in [7, 11) is 0. The Morgan fingerprint density at radius 2 is 2.38 bits per heavy atom. The van der Waals surface area contributed by atoms with E-state index in [1.54, 1.807) is 0 Å². The van der Waals surface area contributed by atoms with Gasteiger partial charge in [0.15, 0.2) is 0 Å². The summed E-state index contributed by atoms with van der Waals surface area (Å²) in [6, 6.07) is 6.14. The smallest absolute Gasteiger partial charge is 0.138 e. The highest BCUT2D eigenvalue weighted by Crippen LogP contribution is 2.31. The molecule has 1 heterocycles. The lowest BCUT2D eigenvalue weighted by atomic mass is 9.91. The van der Waals surface area contributed by atoms with E-state index in [1.807, 2.05) is 13.0 Å². The number of rotatable bonds is 3. The van der Waals surface area contributed by atoms with Crippen LogP contribution in [0.25, 0.3) is 0 Å². The zero-order valence-electron chi connectivity index (χ0n) is 9.63. The van der Waals surface area contributed by atoms with Gasteiger partial charge in [0, 0.05) is 6.54 Å². The molecule has 1 aliphatic heterocycles. The monoisotopic (exact) mass is 239 g/mol. The minimum Gasteiger partial charge on any atom is -0.492 e. The molecule has 1 unspecified atom stereocenters. The molecule has 1 fully saturated rings. The van der Waals surface area contributed by atoms with Crippen molar-refractivity contribution in [3.05, 3.63) is 28.8 Å². The maximum Gasteiger partial charge on any atom is 0.138 e. The molecular formula is C13H18ClNO. The van der Waals surface area contributed by atoms with Crippen LogP contribution in [0.4, 0.5) is 0 Å². The lowest BCUT2D eigenvalue weighted by Crippen LogP contribution is -2.28. The summed E-state index contributed by atoms with van der Waals surface area (Å²) in [5.74, 6) is 1.41. The van der Waals surface area contributed by atoms with Gasteiger partial charge >= 0.3 is 0 Å². The van der Waals surface area contributed by atoms with Crippen molar-refractivity contribution in [1.82, 2.24) is 5.32 Å². The Kier molecular flexibility index (Phi) is 4.08. The predicted molar refractivity (Wildman–Crippen MR) is 67.5 cm³/mol. The first-order valence-corrected chi connectivity index (χ1v) is 6.32. The average molecular weight is 240 g/mol. The van der Waals surface area contributed by atoms with Crippen molar-refractivity contribution >= 4 is 11.6 Å². The Labute approximate surface area is 102 Å². The van der Waals surface area contributed by atoms with Crippen LogP contribution in [0, 0.1) is 0 Å². The van der Waals surface area contributed by atoms with Crippen molar-refractivity contribution in [2.24, 2.45) is 0 Å². The second-order valence-electron chi connectivity index (χ2n) is 4.17. The molecule has 1 N–H and O–H groups in total. The highest BCUT2D eigenvalue weighted by molar-refractivity contribution is 6.32. The van der Waals surface area contributed by atoms with E-state index in [1.165, 1.54) is 18.4 Å². The lowest BCUT2D eigenvalue weighted by Gasteiger charge is -2.23. The van der Waals surface area contributed by atoms with E-state index in [2.05, 4.69) is 17.4 Å². The maximum atomic E-state index is 6.07. The second kappa shape index (κ2) is 5.55. The minimum atomic E-state index is 0.602. The fourth-order valence-corrected chi connectivity index (χ4v) is 2.35. The number of hydrogen-bond donors (Lipinski definition) is 1. The molecule has 3 heteroatoms. The Hall–Kier alpha value is -0.730. The molecule has 88 valence electrons. The first-order chi connectivity index (χ1) is 7.81. The summed E-state index contributed by atoms with van der Waals surface area (Å²) in [4.78, 5) is 0. The molecule has 0 radical (unpaired) electrons. The van der Waals surface area contributed by atoms with Crippen LogP contribution in [0.5, 0.6) is 5.75 Å². The molecule has 0 saturated carbocycles. The van der Waals surface area contributed by atoms with Crippen LogP contribution >= 0.6 is 11.6 Å². The van der Waals surface area contributed by atoms with E-state index in [0.717, 1.165) is 18.8 Å². The third-order valence-corrected chi connectivity index (χ3v) is 3.34. The predicted octanol–water partition coefficient (Wildman–Crippen LogP) is 3.21. The van der Waals surface area contributed by atoms with Crippen LogP contribution in [0.1, 0.15) is 31.2 Å². The van der Waals surface area contributed by atoms with Crippen molar-refractivity contribution in [2.75, 3.05) is 19.7 Å². The van der Waals surface area contributed by atoms with Crippen LogP contribution < -0.4 is 10.1 Å². The van der Waals surface area contributed by atoms with Gasteiger partial charge in [-0.1, -0.05) is 17.7 Å². The van der Waals surface area contributed by atoms with Crippen LogP contribution in [0.2, 0.25) is 5.02 Å². The standard InChI is InChI=1S/C13H18ClNO/c1-2-16-13-8-10(5-6-12(13)14)11-4-3-7-15-9-11/h5-6,8,11,15H,2-4,7,9H2,1H3. The van der Waals surface area contributed by atoms with E-state index in [9.17, 15) is 0 Å². The number of nitrogens with one attached hydrogen (secondary N) is 1. The third-order valence-electron chi connectivity index (χ3n) is 3.02. The topological polar surface area (TPSA) is 21.3 Å². The van der Waals surface area contributed by atoms with E-state index in [0.29, 0.717) is 17.5 Å². The Morgan fingerprint density at radius 3 is 3.06 bits per heavy atom. The molecule has 2 rings (SSSR count). The summed E-state index contributed by atoms with van der Waals surface area (Å²) in [5, 5.41) is 4.13. The van der Waals surface area contributed by atoms with Gasteiger partial charge in [0.1, 0.15) is 5.75 Å². The number of ether oxygens (including phenoxy) is 1. The minimum absolute atomic E-state index is 0.602. The molecule has 0 aliphatic carbocycles. The Bertz CT molecular complexity index is 348. The number of piperidine rings is 1. The summed E-state index contributed by atoms with van der Waals surface area (Å²) in [6.45, 7) is 4.84. The first-order valence-electron chi connectivity index (χ1n) is 5.94. The van der Waals surface area contributed by atoms with Gasteiger partial charge in [0.05, 0.1) is 11.6 Å². The first kappa shape index (κ1) is 11.7. The Morgan fingerprint density at radius 1 is 1.50 bits per heavy atom. The normalized spacial score (nSPS) is 20.8. The van der Waals surface area contributed by atoms with Crippen LogP contribution in [-0.4, -0.2) is 19.7 Å². The largest absolute Gasteiger partial charge is 0.492 e. The average Bonchev–Trinajstić information content (AvgIpc) is 2.33. The molecule has 0 aromatic heterocycles. The molecule has 1 aromatic rings. The van der Waals surface area contributed by atoms with Gasteiger partial charge in [-0.15, -0.1) is 0 Å². The van der Waals surface area contributed by atoms with Crippen molar-refractivity contribution in [1.29, 1.82) is 0 Å². The van der Waals surface area contributed by atoms with Gasteiger partial charge in [-0.3, -0.25) is 0 Å². The van der Waals surface area contributed by atoms with Crippen molar-refractivity contribution < 1.29 is 4.74 Å². The van der Waals surface area contributed by atoms with Gasteiger partial charge in [-0.25, -0.2) is 0 Å². The summed E-state index contributed by atoms with van der Waals surface area (Å²) < 4.78 is 5.52. The van der Waals surface area contributed by atoms with Crippen molar-refractivity contribution in [3.63, 3.8) is 0 Å².